The van der Waals surface area contributed by atoms with Crippen molar-refractivity contribution in [2.45, 2.75) is 27.7 Å². The van der Waals surface area contributed by atoms with Crippen LogP contribution in [0.1, 0.15) is 22.3 Å². The Bertz CT molecular complexity index is 3040. The van der Waals surface area contributed by atoms with Gasteiger partial charge in [-0.15, -0.1) is 0 Å². The maximum Gasteiger partial charge on any atom is 0.0543 e. The van der Waals surface area contributed by atoms with E-state index < -0.39 is 0 Å². The SMILES string of the molecule is Cc1cc(-c2ccc3[nH]c4ccc(-c5cc(C)c(C)cc5-n5c6ccccc6c6ccccc65)cc4c3c2)c(-n2c3ccccc3c3ccccc32)cc1C. The molecule has 0 atom stereocenters. The van der Waals surface area contributed by atoms with Crippen LogP contribution in [0.15, 0.2) is 158 Å². The molecule has 0 aliphatic rings. The Labute approximate surface area is 319 Å². The van der Waals surface area contributed by atoms with Crippen LogP contribution < -0.4 is 0 Å². The molecule has 0 spiro atoms. The first-order valence-electron chi connectivity index (χ1n) is 19.2. The minimum atomic E-state index is 1.14. The lowest BCUT2D eigenvalue weighted by molar-refractivity contribution is 1.16. The molecular formula is C52H39N3. The van der Waals surface area contributed by atoms with Crippen LogP contribution in [-0.2, 0) is 0 Å². The minimum absolute atomic E-state index is 1.14. The molecule has 0 aliphatic carbocycles. The van der Waals surface area contributed by atoms with Crippen molar-refractivity contribution in [2.24, 2.45) is 0 Å². The van der Waals surface area contributed by atoms with E-state index in [0.29, 0.717) is 0 Å². The van der Waals surface area contributed by atoms with Gasteiger partial charge in [-0.3, -0.25) is 0 Å². The van der Waals surface area contributed by atoms with E-state index in [4.69, 9.17) is 0 Å². The summed E-state index contributed by atoms with van der Waals surface area (Å²) in [6, 6.07) is 58.5. The number of nitrogens with zero attached hydrogens (tertiary/aromatic N) is 2. The number of hydrogen-bond acceptors (Lipinski definition) is 0. The molecule has 0 amide bonds. The van der Waals surface area contributed by atoms with Crippen LogP contribution in [-0.4, -0.2) is 14.1 Å². The van der Waals surface area contributed by atoms with Crippen molar-refractivity contribution in [3.63, 3.8) is 0 Å². The van der Waals surface area contributed by atoms with Crippen molar-refractivity contribution in [3.8, 4) is 33.6 Å². The molecule has 3 aromatic heterocycles. The average Bonchev–Trinajstić information content (AvgIpc) is 3.87. The Morgan fingerprint density at radius 1 is 0.327 bits per heavy atom. The maximum atomic E-state index is 3.75. The van der Waals surface area contributed by atoms with Crippen molar-refractivity contribution in [2.75, 3.05) is 0 Å². The normalized spacial score (nSPS) is 12.0. The van der Waals surface area contributed by atoms with Crippen molar-refractivity contribution < 1.29 is 0 Å². The Balaban J connectivity index is 1.13. The van der Waals surface area contributed by atoms with Gasteiger partial charge in [-0.25, -0.2) is 0 Å². The fourth-order valence-electron chi connectivity index (χ4n) is 9.03. The number of aromatic amines is 1. The summed E-state index contributed by atoms with van der Waals surface area (Å²) >= 11 is 0. The van der Waals surface area contributed by atoms with Gasteiger partial charge in [0, 0.05) is 54.5 Å². The van der Waals surface area contributed by atoms with Gasteiger partial charge in [-0.05, 0) is 134 Å². The van der Waals surface area contributed by atoms with Crippen LogP contribution in [0, 0.1) is 27.7 Å². The van der Waals surface area contributed by atoms with Gasteiger partial charge in [0.15, 0.2) is 0 Å². The topological polar surface area (TPSA) is 25.6 Å². The third-order valence-corrected chi connectivity index (χ3v) is 12.1. The summed E-state index contributed by atoms with van der Waals surface area (Å²) in [5.74, 6) is 0. The molecule has 3 heteroatoms. The lowest BCUT2D eigenvalue weighted by Crippen LogP contribution is -1.99. The number of fused-ring (bicyclic) bond motifs is 9. The molecule has 0 saturated carbocycles. The second-order valence-corrected chi connectivity index (χ2v) is 15.3. The summed E-state index contributed by atoms with van der Waals surface area (Å²) in [5, 5.41) is 7.54. The van der Waals surface area contributed by atoms with Crippen molar-refractivity contribution in [1.82, 2.24) is 14.1 Å². The van der Waals surface area contributed by atoms with Gasteiger partial charge in [-0.1, -0.05) is 84.9 Å². The highest BCUT2D eigenvalue weighted by atomic mass is 15.0. The zero-order valence-electron chi connectivity index (χ0n) is 31.4. The molecule has 3 nitrogen and oxygen atoms in total. The van der Waals surface area contributed by atoms with E-state index in [1.807, 2.05) is 0 Å². The lowest BCUT2D eigenvalue weighted by Gasteiger charge is -2.17. The predicted octanol–water partition coefficient (Wildman–Crippen LogP) is 14.1. The fourth-order valence-corrected chi connectivity index (χ4v) is 9.03. The number of hydrogen-bond donors (Lipinski definition) is 1. The maximum absolute atomic E-state index is 3.75. The molecule has 11 aromatic rings. The molecule has 8 aromatic carbocycles. The molecule has 11 rings (SSSR count). The predicted molar refractivity (Wildman–Crippen MR) is 234 cm³/mol. The fraction of sp³-hybridized carbons (Fsp3) is 0.0769. The second-order valence-electron chi connectivity index (χ2n) is 15.3. The number of para-hydroxylation sites is 4. The molecule has 1 N–H and O–H groups in total. The molecule has 262 valence electrons. The van der Waals surface area contributed by atoms with Crippen molar-refractivity contribution in [1.29, 1.82) is 0 Å². The van der Waals surface area contributed by atoms with E-state index in [2.05, 4.69) is 200 Å². The van der Waals surface area contributed by atoms with E-state index in [1.165, 1.54) is 110 Å². The minimum Gasteiger partial charge on any atom is -0.355 e. The van der Waals surface area contributed by atoms with Crippen LogP contribution in [0.4, 0.5) is 0 Å². The van der Waals surface area contributed by atoms with Crippen LogP contribution in [0.2, 0.25) is 0 Å². The third-order valence-electron chi connectivity index (χ3n) is 12.1. The summed E-state index contributed by atoms with van der Waals surface area (Å²) in [6.07, 6.45) is 0. The van der Waals surface area contributed by atoms with Crippen LogP contribution in [0.5, 0.6) is 0 Å². The van der Waals surface area contributed by atoms with Gasteiger partial charge in [0.25, 0.3) is 0 Å². The number of H-pyrrole nitrogens is 1. The Kier molecular flexibility index (Phi) is 6.81. The second kappa shape index (κ2) is 11.8. The van der Waals surface area contributed by atoms with E-state index in [9.17, 15) is 0 Å². The average molecular weight is 706 g/mol. The first-order chi connectivity index (χ1) is 26.9. The van der Waals surface area contributed by atoms with Crippen molar-refractivity contribution >= 4 is 65.4 Å². The summed E-state index contributed by atoms with van der Waals surface area (Å²) in [4.78, 5) is 3.75. The van der Waals surface area contributed by atoms with Gasteiger partial charge in [-0.2, -0.15) is 0 Å². The van der Waals surface area contributed by atoms with Crippen molar-refractivity contribution in [3.05, 3.63) is 180 Å². The number of nitrogens with one attached hydrogen (secondary N) is 1. The third kappa shape index (κ3) is 4.69. The number of aryl methyl sites for hydroxylation is 4. The van der Waals surface area contributed by atoms with Gasteiger partial charge >= 0.3 is 0 Å². The zero-order chi connectivity index (χ0) is 36.9. The van der Waals surface area contributed by atoms with Crippen LogP contribution >= 0.6 is 0 Å². The van der Waals surface area contributed by atoms with Gasteiger partial charge < -0.3 is 14.1 Å². The van der Waals surface area contributed by atoms with Gasteiger partial charge in [0.05, 0.1) is 33.4 Å². The molecule has 3 heterocycles. The highest BCUT2D eigenvalue weighted by Gasteiger charge is 2.20. The molecule has 0 fully saturated rings. The summed E-state index contributed by atoms with van der Waals surface area (Å²) in [6.45, 7) is 8.90. The van der Waals surface area contributed by atoms with Gasteiger partial charge in [0.1, 0.15) is 0 Å². The molecular weight excluding hydrogens is 667 g/mol. The number of benzene rings is 8. The largest absolute Gasteiger partial charge is 0.355 e. The first-order valence-corrected chi connectivity index (χ1v) is 19.2. The van der Waals surface area contributed by atoms with Gasteiger partial charge in [0.2, 0.25) is 0 Å². The monoisotopic (exact) mass is 705 g/mol. The summed E-state index contributed by atoms with van der Waals surface area (Å²) < 4.78 is 4.92. The quantitative estimate of drug-likeness (QED) is 0.189. The standard InChI is InChI=1S/C52H39N3/c1-31-25-41(51(27-33(31)3)54-47-17-9-5-13-37(47)38-14-6-10-18-48(38)54)35-21-23-45-43(29-35)44-30-36(22-24-46(44)53-45)42-26-32(2)34(4)28-52(42)55-49-19-11-7-15-39(49)40-16-8-12-20-50(40)55/h5-30,53H,1-4H3. The van der Waals surface area contributed by atoms with E-state index in [-0.39, 0.29) is 0 Å². The highest BCUT2D eigenvalue weighted by molar-refractivity contribution is 6.13. The van der Waals surface area contributed by atoms with Crippen LogP contribution in [0.3, 0.4) is 0 Å². The first kappa shape index (κ1) is 31.7. The van der Waals surface area contributed by atoms with E-state index in [1.54, 1.807) is 0 Å². The highest BCUT2D eigenvalue weighted by Crippen LogP contribution is 2.42. The Morgan fingerprint density at radius 2 is 0.655 bits per heavy atom. The summed E-state index contributed by atoms with van der Waals surface area (Å²) in [7, 11) is 0. The zero-order valence-corrected chi connectivity index (χ0v) is 31.4. The molecule has 55 heavy (non-hydrogen) atoms. The Morgan fingerprint density at radius 3 is 1.02 bits per heavy atom. The molecule has 0 bridgehead atoms. The summed E-state index contributed by atoms with van der Waals surface area (Å²) in [5.41, 5.74) is 19.6. The van der Waals surface area contributed by atoms with Crippen LogP contribution in [0.25, 0.3) is 99.0 Å². The lowest BCUT2D eigenvalue weighted by atomic mass is 9.95. The van der Waals surface area contributed by atoms with E-state index in [0.717, 1.165) is 11.0 Å². The number of aromatic nitrogens is 3. The molecule has 0 unspecified atom stereocenters. The van der Waals surface area contributed by atoms with E-state index >= 15 is 0 Å². The molecule has 0 saturated heterocycles. The smallest absolute Gasteiger partial charge is 0.0543 e. The molecule has 0 radical (unpaired) electrons. The Hall–Kier alpha value is -6.84. The number of rotatable bonds is 4. The molecule has 0 aliphatic heterocycles.